The molecule has 0 atom stereocenters. The molecule has 0 radical (unpaired) electrons. The Hall–Kier alpha value is -1.59. The second-order valence-electron chi connectivity index (χ2n) is 3.40. The summed E-state index contributed by atoms with van der Waals surface area (Å²) in [6, 6.07) is 8.80. The standard InChI is InChI=1S/C12H11BrFN3/c13-10-3-4-12(11(14)9-10)17(7-1-5-15)8-2-6-16/h3-4,9H,1-2,7-8H2. The molecule has 0 bridgehead atoms. The molecule has 0 unspecified atom stereocenters. The lowest BCUT2D eigenvalue weighted by molar-refractivity contribution is 0.616. The summed E-state index contributed by atoms with van der Waals surface area (Å²) in [5, 5.41) is 17.1. The van der Waals surface area contributed by atoms with Gasteiger partial charge in [-0.3, -0.25) is 0 Å². The number of nitriles is 2. The van der Waals surface area contributed by atoms with E-state index in [4.69, 9.17) is 10.5 Å². The molecule has 0 heterocycles. The molecule has 17 heavy (non-hydrogen) atoms. The maximum absolute atomic E-state index is 13.7. The third-order valence-corrected chi connectivity index (χ3v) is 2.73. The third-order valence-electron chi connectivity index (χ3n) is 2.24. The first-order valence-electron chi connectivity index (χ1n) is 5.13. The predicted octanol–water partition coefficient (Wildman–Crippen LogP) is 3.22. The molecule has 0 spiro atoms. The Morgan fingerprint density at radius 3 is 2.24 bits per heavy atom. The predicted molar refractivity (Wildman–Crippen MR) is 66.8 cm³/mol. The van der Waals surface area contributed by atoms with Gasteiger partial charge in [0.05, 0.1) is 30.7 Å². The fourth-order valence-electron chi connectivity index (χ4n) is 1.46. The van der Waals surface area contributed by atoms with Crippen molar-refractivity contribution in [2.24, 2.45) is 0 Å². The van der Waals surface area contributed by atoms with E-state index in [-0.39, 0.29) is 5.82 Å². The highest BCUT2D eigenvalue weighted by Crippen LogP contribution is 2.23. The van der Waals surface area contributed by atoms with Crippen molar-refractivity contribution in [3.63, 3.8) is 0 Å². The zero-order valence-electron chi connectivity index (χ0n) is 9.16. The molecule has 0 N–H and O–H groups in total. The van der Waals surface area contributed by atoms with E-state index in [2.05, 4.69) is 15.9 Å². The zero-order valence-corrected chi connectivity index (χ0v) is 10.7. The molecule has 1 aromatic rings. The molecule has 0 aliphatic heterocycles. The largest absolute Gasteiger partial charge is 0.367 e. The first-order chi connectivity index (χ1) is 8.19. The molecule has 0 amide bonds. The lowest BCUT2D eigenvalue weighted by Gasteiger charge is -2.23. The van der Waals surface area contributed by atoms with Crippen LogP contribution in [0.3, 0.4) is 0 Å². The summed E-state index contributed by atoms with van der Waals surface area (Å²) in [6.07, 6.45) is 0.613. The molecule has 5 heteroatoms. The molecule has 3 nitrogen and oxygen atoms in total. The number of benzene rings is 1. The van der Waals surface area contributed by atoms with Crippen LogP contribution in [0.1, 0.15) is 12.8 Å². The van der Waals surface area contributed by atoms with E-state index in [1.807, 2.05) is 12.1 Å². The van der Waals surface area contributed by atoms with E-state index in [1.54, 1.807) is 17.0 Å². The summed E-state index contributed by atoms with van der Waals surface area (Å²) < 4.78 is 14.4. The van der Waals surface area contributed by atoms with E-state index in [0.717, 1.165) is 0 Å². The van der Waals surface area contributed by atoms with Crippen molar-refractivity contribution in [1.29, 1.82) is 10.5 Å². The SMILES string of the molecule is N#CCCN(CCC#N)c1ccc(Br)cc1F. The average Bonchev–Trinajstić information content (AvgIpc) is 2.30. The summed E-state index contributed by atoms with van der Waals surface area (Å²) in [6.45, 7) is 0.855. The van der Waals surface area contributed by atoms with Crippen molar-refractivity contribution in [2.75, 3.05) is 18.0 Å². The second kappa shape index (κ2) is 6.88. The molecular weight excluding hydrogens is 285 g/mol. The Morgan fingerprint density at radius 2 is 1.76 bits per heavy atom. The molecule has 0 saturated heterocycles. The molecule has 0 aromatic heterocycles. The molecule has 0 fully saturated rings. The number of halogens is 2. The minimum atomic E-state index is -0.352. The van der Waals surface area contributed by atoms with E-state index in [9.17, 15) is 4.39 Å². The minimum absolute atomic E-state index is 0.306. The van der Waals surface area contributed by atoms with E-state index >= 15 is 0 Å². The fourth-order valence-corrected chi connectivity index (χ4v) is 1.79. The number of rotatable bonds is 5. The van der Waals surface area contributed by atoms with Crippen LogP contribution < -0.4 is 4.90 Å². The van der Waals surface area contributed by atoms with E-state index < -0.39 is 0 Å². The first-order valence-corrected chi connectivity index (χ1v) is 5.92. The molecule has 0 aliphatic carbocycles. The van der Waals surface area contributed by atoms with Crippen LogP contribution in [-0.4, -0.2) is 13.1 Å². The van der Waals surface area contributed by atoms with Crippen molar-refractivity contribution in [3.05, 3.63) is 28.5 Å². The maximum atomic E-state index is 13.7. The van der Waals surface area contributed by atoms with Gasteiger partial charge in [0.25, 0.3) is 0 Å². The summed E-state index contributed by atoms with van der Waals surface area (Å²) in [5.41, 5.74) is 0.429. The highest BCUT2D eigenvalue weighted by Gasteiger charge is 2.11. The van der Waals surface area contributed by atoms with Crippen LogP contribution >= 0.6 is 15.9 Å². The van der Waals surface area contributed by atoms with Crippen LogP contribution in [0.15, 0.2) is 22.7 Å². The average molecular weight is 296 g/mol. The molecule has 0 aliphatic rings. The number of anilines is 1. The monoisotopic (exact) mass is 295 g/mol. The van der Waals surface area contributed by atoms with Gasteiger partial charge in [-0.25, -0.2) is 4.39 Å². The van der Waals surface area contributed by atoms with Gasteiger partial charge in [-0.2, -0.15) is 10.5 Å². The van der Waals surface area contributed by atoms with Gasteiger partial charge in [0.2, 0.25) is 0 Å². The Balaban J connectivity index is 2.88. The van der Waals surface area contributed by atoms with Gasteiger partial charge >= 0.3 is 0 Å². The third kappa shape index (κ3) is 4.05. The Labute approximate surface area is 108 Å². The smallest absolute Gasteiger partial charge is 0.147 e. The maximum Gasteiger partial charge on any atom is 0.147 e. The Bertz CT molecular complexity index is 444. The van der Waals surface area contributed by atoms with Crippen molar-refractivity contribution >= 4 is 21.6 Å². The van der Waals surface area contributed by atoms with Gasteiger partial charge in [0, 0.05) is 17.6 Å². The second-order valence-corrected chi connectivity index (χ2v) is 4.31. The van der Waals surface area contributed by atoms with E-state index in [0.29, 0.717) is 36.1 Å². The van der Waals surface area contributed by atoms with Crippen LogP contribution in [0.2, 0.25) is 0 Å². The Morgan fingerprint density at radius 1 is 1.18 bits per heavy atom. The van der Waals surface area contributed by atoms with Gasteiger partial charge < -0.3 is 4.90 Å². The molecule has 0 saturated carbocycles. The number of hydrogen-bond donors (Lipinski definition) is 0. The fraction of sp³-hybridized carbons (Fsp3) is 0.333. The van der Waals surface area contributed by atoms with E-state index in [1.165, 1.54) is 6.07 Å². The lowest BCUT2D eigenvalue weighted by atomic mass is 10.2. The van der Waals surface area contributed by atoms with Crippen molar-refractivity contribution in [3.8, 4) is 12.1 Å². The zero-order chi connectivity index (χ0) is 12.7. The quantitative estimate of drug-likeness (QED) is 0.838. The highest BCUT2D eigenvalue weighted by atomic mass is 79.9. The number of nitrogens with zero attached hydrogens (tertiary/aromatic N) is 3. The number of hydrogen-bond acceptors (Lipinski definition) is 3. The van der Waals surface area contributed by atoms with Crippen LogP contribution in [0.5, 0.6) is 0 Å². The van der Waals surface area contributed by atoms with Crippen LogP contribution in [-0.2, 0) is 0 Å². The summed E-state index contributed by atoms with van der Waals surface area (Å²) in [5.74, 6) is -0.352. The van der Waals surface area contributed by atoms with Crippen LogP contribution in [0.4, 0.5) is 10.1 Å². The summed E-state index contributed by atoms with van der Waals surface area (Å²) in [7, 11) is 0. The van der Waals surface area contributed by atoms with Gasteiger partial charge in [0.15, 0.2) is 0 Å². The lowest BCUT2D eigenvalue weighted by Crippen LogP contribution is -2.26. The van der Waals surface area contributed by atoms with Crippen LogP contribution in [0.25, 0.3) is 0 Å². The van der Waals surface area contributed by atoms with Crippen molar-refractivity contribution in [1.82, 2.24) is 0 Å². The summed E-state index contributed by atoms with van der Waals surface area (Å²) >= 11 is 3.19. The van der Waals surface area contributed by atoms with Crippen molar-refractivity contribution in [2.45, 2.75) is 12.8 Å². The Kier molecular flexibility index (Phi) is 5.45. The normalized spacial score (nSPS) is 9.41. The van der Waals surface area contributed by atoms with Gasteiger partial charge in [-0.1, -0.05) is 15.9 Å². The first kappa shape index (κ1) is 13.5. The van der Waals surface area contributed by atoms with Gasteiger partial charge in [-0.05, 0) is 18.2 Å². The summed E-state index contributed by atoms with van der Waals surface area (Å²) in [4.78, 5) is 1.72. The van der Waals surface area contributed by atoms with Gasteiger partial charge in [-0.15, -0.1) is 0 Å². The molecule has 1 aromatic carbocycles. The highest BCUT2D eigenvalue weighted by molar-refractivity contribution is 9.10. The molecule has 1 rings (SSSR count). The molecule has 88 valence electrons. The van der Waals surface area contributed by atoms with Gasteiger partial charge in [0.1, 0.15) is 5.82 Å². The minimum Gasteiger partial charge on any atom is -0.367 e. The topological polar surface area (TPSA) is 50.8 Å². The van der Waals surface area contributed by atoms with Crippen LogP contribution in [0, 0.1) is 28.5 Å². The van der Waals surface area contributed by atoms with Crippen molar-refractivity contribution < 1.29 is 4.39 Å². The molecular formula is C12H11BrFN3.